The molecule has 2 rings (SSSR count). The van der Waals surface area contributed by atoms with Crippen LogP contribution in [0.5, 0.6) is 0 Å². The lowest BCUT2D eigenvalue weighted by atomic mass is 9.78. The number of nitrogens with zero attached hydrogens (tertiary/aromatic N) is 2. The van der Waals surface area contributed by atoms with Crippen molar-refractivity contribution in [3.05, 3.63) is 23.9 Å². The molecule has 0 radical (unpaired) electrons. The molecule has 1 N–H and O–H groups in total. The van der Waals surface area contributed by atoms with E-state index in [1.165, 1.54) is 31.5 Å². The molecule has 0 bridgehead atoms. The lowest BCUT2D eigenvalue weighted by Gasteiger charge is -2.30. The Hall–Kier alpha value is -1.09. The Morgan fingerprint density at radius 2 is 1.90 bits per heavy atom. The zero-order chi connectivity index (χ0) is 14.8. The smallest absolute Gasteiger partial charge is 0.126 e. The van der Waals surface area contributed by atoms with Crippen molar-refractivity contribution in [2.75, 3.05) is 25.5 Å². The Balaban J connectivity index is 1.95. The first-order valence-corrected chi connectivity index (χ1v) is 7.77. The van der Waals surface area contributed by atoms with Crippen molar-refractivity contribution in [1.82, 2.24) is 9.88 Å². The summed E-state index contributed by atoms with van der Waals surface area (Å²) in [6, 6.07) is 4.93. The number of piperidine rings is 1. The quantitative estimate of drug-likeness (QED) is 0.911. The number of hydrogen-bond donors (Lipinski definition) is 1. The SMILES string of the molecule is CC(c1ccc(NC2CCN(C)CC2)nc1)C(C)(C)C. The van der Waals surface area contributed by atoms with Crippen molar-refractivity contribution in [2.24, 2.45) is 5.41 Å². The normalized spacial score (nSPS) is 19.9. The fraction of sp³-hybridized carbons (Fsp3) is 0.706. The molecule has 1 fully saturated rings. The van der Waals surface area contributed by atoms with E-state index in [2.05, 4.69) is 62.1 Å². The third kappa shape index (κ3) is 3.95. The van der Waals surface area contributed by atoms with Crippen LogP contribution in [-0.4, -0.2) is 36.1 Å². The molecular weight excluding hydrogens is 246 g/mol. The number of pyridine rings is 1. The topological polar surface area (TPSA) is 28.2 Å². The second-order valence-electron chi connectivity index (χ2n) is 7.29. The van der Waals surface area contributed by atoms with Gasteiger partial charge in [-0.25, -0.2) is 4.98 Å². The van der Waals surface area contributed by atoms with Crippen LogP contribution < -0.4 is 5.32 Å². The molecule has 2 heterocycles. The molecule has 1 aliphatic heterocycles. The lowest BCUT2D eigenvalue weighted by molar-refractivity contribution is 0.263. The molecule has 1 aromatic rings. The summed E-state index contributed by atoms with van der Waals surface area (Å²) in [4.78, 5) is 6.99. The monoisotopic (exact) mass is 275 g/mol. The largest absolute Gasteiger partial charge is 0.367 e. The van der Waals surface area contributed by atoms with Crippen molar-refractivity contribution in [2.45, 2.75) is 52.5 Å². The lowest BCUT2D eigenvalue weighted by Crippen LogP contribution is -2.36. The van der Waals surface area contributed by atoms with Crippen molar-refractivity contribution in [3.8, 4) is 0 Å². The van der Waals surface area contributed by atoms with Gasteiger partial charge >= 0.3 is 0 Å². The molecule has 1 atom stereocenters. The van der Waals surface area contributed by atoms with Gasteiger partial charge in [0, 0.05) is 12.2 Å². The van der Waals surface area contributed by atoms with Crippen LogP contribution in [0.1, 0.15) is 52.0 Å². The van der Waals surface area contributed by atoms with Crippen LogP contribution in [0.15, 0.2) is 18.3 Å². The molecule has 0 aliphatic carbocycles. The van der Waals surface area contributed by atoms with E-state index in [1.54, 1.807) is 0 Å². The number of anilines is 1. The van der Waals surface area contributed by atoms with Crippen LogP contribution >= 0.6 is 0 Å². The fourth-order valence-electron chi connectivity index (χ4n) is 2.61. The zero-order valence-corrected chi connectivity index (χ0v) is 13.6. The van der Waals surface area contributed by atoms with E-state index in [4.69, 9.17) is 0 Å². The van der Waals surface area contributed by atoms with Gasteiger partial charge in [-0.15, -0.1) is 0 Å². The summed E-state index contributed by atoms with van der Waals surface area (Å²) in [5, 5.41) is 3.57. The number of rotatable bonds is 3. The highest BCUT2D eigenvalue weighted by Crippen LogP contribution is 2.34. The first-order chi connectivity index (χ1) is 9.36. The third-order valence-electron chi connectivity index (χ3n) is 4.66. The molecule has 1 aromatic heterocycles. The highest BCUT2D eigenvalue weighted by molar-refractivity contribution is 5.37. The Bertz CT molecular complexity index is 411. The van der Waals surface area contributed by atoms with Gasteiger partial charge in [-0.05, 0) is 55.9 Å². The molecule has 20 heavy (non-hydrogen) atoms. The minimum Gasteiger partial charge on any atom is -0.367 e. The van der Waals surface area contributed by atoms with Crippen molar-refractivity contribution >= 4 is 5.82 Å². The molecule has 3 nitrogen and oxygen atoms in total. The number of hydrogen-bond acceptors (Lipinski definition) is 3. The zero-order valence-electron chi connectivity index (χ0n) is 13.6. The van der Waals surface area contributed by atoms with Gasteiger partial charge in [0.05, 0.1) is 0 Å². The van der Waals surface area contributed by atoms with Gasteiger partial charge in [0.15, 0.2) is 0 Å². The van der Waals surface area contributed by atoms with Gasteiger partial charge in [0.25, 0.3) is 0 Å². The second-order valence-corrected chi connectivity index (χ2v) is 7.29. The Morgan fingerprint density at radius 3 is 2.40 bits per heavy atom. The van der Waals surface area contributed by atoms with Gasteiger partial charge in [-0.2, -0.15) is 0 Å². The van der Waals surface area contributed by atoms with E-state index in [0.717, 1.165) is 5.82 Å². The molecule has 0 aromatic carbocycles. The Labute approximate surface area is 123 Å². The van der Waals surface area contributed by atoms with Crippen LogP contribution in [0.3, 0.4) is 0 Å². The van der Waals surface area contributed by atoms with Crippen LogP contribution in [0.2, 0.25) is 0 Å². The standard InChI is InChI=1S/C17H29N3/c1-13(17(2,3)4)14-6-7-16(18-12-14)19-15-8-10-20(5)11-9-15/h6-7,12-13,15H,8-11H2,1-5H3,(H,18,19). The molecule has 3 heteroatoms. The maximum Gasteiger partial charge on any atom is 0.126 e. The molecular formula is C17H29N3. The molecule has 0 spiro atoms. The fourth-order valence-corrected chi connectivity index (χ4v) is 2.61. The number of nitrogens with one attached hydrogen (secondary N) is 1. The molecule has 1 unspecified atom stereocenters. The van der Waals surface area contributed by atoms with E-state index in [0.29, 0.717) is 12.0 Å². The van der Waals surface area contributed by atoms with Crippen molar-refractivity contribution in [3.63, 3.8) is 0 Å². The van der Waals surface area contributed by atoms with Gasteiger partial charge in [0.1, 0.15) is 5.82 Å². The van der Waals surface area contributed by atoms with E-state index < -0.39 is 0 Å². The summed E-state index contributed by atoms with van der Waals surface area (Å²) in [5.41, 5.74) is 1.61. The minimum atomic E-state index is 0.282. The summed E-state index contributed by atoms with van der Waals surface area (Å²) in [6.07, 6.45) is 4.45. The van der Waals surface area contributed by atoms with E-state index in [9.17, 15) is 0 Å². The summed E-state index contributed by atoms with van der Waals surface area (Å²) in [6.45, 7) is 11.5. The predicted molar refractivity (Wildman–Crippen MR) is 86.2 cm³/mol. The minimum absolute atomic E-state index is 0.282. The average molecular weight is 275 g/mol. The Morgan fingerprint density at radius 1 is 1.25 bits per heavy atom. The highest BCUT2D eigenvalue weighted by Gasteiger charge is 2.22. The predicted octanol–water partition coefficient (Wildman–Crippen LogP) is 3.74. The first-order valence-electron chi connectivity index (χ1n) is 7.77. The van der Waals surface area contributed by atoms with E-state index in [-0.39, 0.29) is 5.41 Å². The summed E-state index contributed by atoms with van der Waals surface area (Å²) < 4.78 is 0. The maximum absolute atomic E-state index is 4.60. The maximum atomic E-state index is 4.60. The van der Waals surface area contributed by atoms with Gasteiger partial charge in [0.2, 0.25) is 0 Å². The average Bonchev–Trinajstić information content (AvgIpc) is 2.40. The van der Waals surface area contributed by atoms with E-state index in [1.807, 2.05) is 6.20 Å². The van der Waals surface area contributed by atoms with Crippen LogP contribution in [-0.2, 0) is 0 Å². The molecule has 1 aliphatic rings. The Kier molecular flexibility index (Phi) is 4.69. The van der Waals surface area contributed by atoms with Crippen LogP contribution in [0.25, 0.3) is 0 Å². The molecule has 0 amide bonds. The molecule has 1 saturated heterocycles. The van der Waals surface area contributed by atoms with Gasteiger partial charge in [-0.3, -0.25) is 0 Å². The summed E-state index contributed by atoms with van der Waals surface area (Å²) in [5.74, 6) is 1.54. The number of aromatic nitrogens is 1. The van der Waals surface area contributed by atoms with E-state index >= 15 is 0 Å². The second kappa shape index (κ2) is 6.13. The van der Waals surface area contributed by atoms with Crippen molar-refractivity contribution in [1.29, 1.82) is 0 Å². The third-order valence-corrected chi connectivity index (χ3v) is 4.66. The summed E-state index contributed by atoms with van der Waals surface area (Å²) >= 11 is 0. The molecule has 0 saturated carbocycles. The highest BCUT2D eigenvalue weighted by atomic mass is 15.1. The molecule has 112 valence electrons. The van der Waals surface area contributed by atoms with Crippen LogP contribution in [0, 0.1) is 5.41 Å². The van der Waals surface area contributed by atoms with Crippen LogP contribution in [0.4, 0.5) is 5.82 Å². The van der Waals surface area contributed by atoms with Gasteiger partial charge < -0.3 is 10.2 Å². The number of likely N-dealkylation sites (tertiary alicyclic amines) is 1. The first kappa shape index (κ1) is 15.3. The van der Waals surface area contributed by atoms with Crippen molar-refractivity contribution < 1.29 is 0 Å². The summed E-state index contributed by atoms with van der Waals surface area (Å²) in [7, 11) is 2.19. The van der Waals surface area contributed by atoms with Gasteiger partial charge in [-0.1, -0.05) is 33.8 Å².